The quantitative estimate of drug-likeness (QED) is 0.795. The molecular weight excluding hydrogens is 230 g/mol. The average Bonchev–Trinajstić information content (AvgIpc) is 2.40. The third kappa shape index (κ3) is 2.73. The van der Waals surface area contributed by atoms with Gasteiger partial charge in [-0.2, -0.15) is 0 Å². The Hall–Kier alpha value is -1.75. The third-order valence-electron chi connectivity index (χ3n) is 3.18. The Bertz CT molecular complexity index is 414. The summed E-state index contributed by atoms with van der Waals surface area (Å²) in [5, 5.41) is 0. The molecule has 1 aliphatic heterocycles. The van der Waals surface area contributed by atoms with Gasteiger partial charge in [-0.05, 0) is 12.1 Å². The minimum absolute atomic E-state index is 0.0539. The summed E-state index contributed by atoms with van der Waals surface area (Å²) in [6.07, 6.45) is 0. The summed E-state index contributed by atoms with van der Waals surface area (Å²) in [5.41, 5.74) is 7.79. The molecule has 0 atom stereocenters. The fourth-order valence-corrected chi connectivity index (χ4v) is 2.19. The van der Waals surface area contributed by atoms with Crippen LogP contribution in [0.15, 0.2) is 24.3 Å². The molecule has 2 N–H and O–H groups in total. The Kier molecular flexibility index (Phi) is 4.04. The van der Waals surface area contributed by atoms with E-state index in [9.17, 15) is 4.79 Å². The number of carbonyl (C=O) groups excluding carboxylic acids is 1. The van der Waals surface area contributed by atoms with Gasteiger partial charge < -0.3 is 20.3 Å². The van der Waals surface area contributed by atoms with Crippen LogP contribution in [0.2, 0.25) is 0 Å². The molecule has 0 bridgehead atoms. The molecule has 98 valence electrons. The molecule has 1 saturated heterocycles. The largest absolute Gasteiger partial charge is 0.397 e. The van der Waals surface area contributed by atoms with E-state index in [0.717, 1.165) is 37.6 Å². The van der Waals surface area contributed by atoms with E-state index < -0.39 is 0 Å². The number of amides is 1. The molecule has 0 saturated carbocycles. The maximum atomic E-state index is 11.7. The molecule has 1 aliphatic rings. The second-order valence-electron chi connectivity index (χ2n) is 4.36. The number of nitrogen functional groups attached to an aromatic ring is 1. The summed E-state index contributed by atoms with van der Waals surface area (Å²) in [6, 6.07) is 7.82. The van der Waals surface area contributed by atoms with E-state index in [4.69, 9.17) is 10.5 Å². The van der Waals surface area contributed by atoms with Crippen LogP contribution in [0.5, 0.6) is 0 Å². The summed E-state index contributed by atoms with van der Waals surface area (Å²) in [6.45, 7) is 3.22. The summed E-state index contributed by atoms with van der Waals surface area (Å²) in [4.78, 5) is 15.7. The predicted octanol–water partition coefficient (Wildman–Crippen LogP) is 0.564. The Labute approximate surface area is 107 Å². The summed E-state index contributed by atoms with van der Waals surface area (Å²) >= 11 is 0. The Morgan fingerprint density at radius 2 is 1.94 bits per heavy atom. The van der Waals surface area contributed by atoms with E-state index in [1.165, 1.54) is 0 Å². The van der Waals surface area contributed by atoms with E-state index in [-0.39, 0.29) is 12.5 Å². The Morgan fingerprint density at radius 1 is 1.28 bits per heavy atom. The van der Waals surface area contributed by atoms with Gasteiger partial charge in [-0.15, -0.1) is 0 Å². The first-order valence-corrected chi connectivity index (χ1v) is 6.08. The van der Waals surface area contributed by atoms with Crippen LogP contribution in [0.4, 0.5) is 11.4 Å². The zero-order chi connectivity index (χ0) is 13.0. The summed E-state index contributed by atoms with van der Waals surface area (Å²) in [5.74, 6) is 0.0539. The fraction of sp³-hybridized carbons (Fsp3) is 0.462. The maximum absolute atomic E-state index is 11.7. The van der Waals surface area contributed by atoms with Gasteiger partial charge in [-0.1, -0.05) is 12.1 Å². The van der Waals surface area contributed by atoms with Crippen LogP contribution in [0.25, 0.3) is 0 Å². The SMILES string of the molecule is COCC(=O)N1CCN(c2ccccc2N)CC1. The van der Waals surface area contributed by atoms with Gasteiger partial charge >= 0.3 is 0 Å². The number of ether oxygens (including phenoxy) is 1. The number of hydrogen-bond donors (Lipinski definition) is 1. The first kappa shape index (κ1) is 12.7. The number of methoxy groups -OCH3 is 1. The molecule has 1 fully saturated rings. The second-order valence-corrected chi connectivity index (χ2v) is 4.36. The molecule has 5 heteroatoms. The van der Waals surface area contributed by atoms with Crippen LogP contribution in [-0.4, -0.2) is 50.7 Å². The van der Waals surface area contributed by atoms with Crippen molar-refractivity contribution in [1.29, 1.82) is 0 Å². The highest BCUT2D eigenvalue weighted by atomic mass is 16.5. The average molecular weight is 249 g/mol. The number of benzene rings is 1. The van der Waals surface area contributed by atoms with Crippen LogP contribution in [0.1, 0.15) is 0 Å². The van der Waals surface area contributed by atoms with Crippen LogP contribution in [0, 0.1) is 0 Å². The van der Waals surface area contributed by atoms with E-state index in [1.807, 2.05) is 29.2 Å². The first-order chi connectivity index (χ1) is 8.72. The molecule has 0 spiro atoms. The monoisotopic (exact) mass is 249 g/mol. The molecule has 1 amide bonds. The van der Waals surface area contributed by atoms with Gasteiger partial charge in [0.05, 0.1) is 11.4 Å². The van der Waals surface area contributed by atoms with Gasteiger partial charge in [0.1, 0.15) is 6.61 Å². The zero-order valence-corrected chi connectivity index (χ0v) is 10.6. The van der Waals surface area contributed by atoms with Crippen molar-refractivity contribution < 1.29 is 9.53 Å². The minimum Gasteiger partial charge on any atom is -0.397 e. The molecule has 0 aromatic heterocycles. The molecular formula is C13H19N3O2. The van der Waals surface area contributed by atoms with E-state index in [1.54, 1.807) is 7.11 Å². The van der Waals surface area contributed by atoms with Crippen molar-refractivity contribution in [3.8, 4) is 0 Å². The van der Waals surface area contributed by atoms with Crippen LogP contribution in [0.3, 0.4) is 0 Å². The van der Waals surface area contributed by atoms with Gasteiger partial charge in [0.25, 0.3) is 0 Å². The maximum Gasteiger partial charge on any atom is 0.248 e. The second kappa shape index (κ2) is 5.73. The van der Waals surface area contributed by atoms with E-state index in [0.29, 0.717) is 0 Å². The number of para-hydroxylation sites is 2. The highest BCUT2D eigenvalue weighted by Crippen LogP contribution is 2.23. The lowest BCUT2D eigenvalue weighted by molar-refractivity contribution is -0.135. The first-order valence-electron chi connectivity index (χ1n) is 6.08. The van der Waals surface area contributed by atoms with Crippen LogP contribution < -0.4 is 10.6 Å². The predicted molar refractivity (Wildman–Crippen MR) is 71.5 cm³/mol. The lowest BCUT2D eigenvalue weighted by Gasteiger charge is -2.36. The zero-order valence-electron chi connectivity index (χ0n) is 10.6. The van der Waals surface area contributed by atoms with Crippen molar-refractivity contribution in [2.75, 3.05) is 50.5 Å². The Balaban J connectivity index is 1.95. The molecule has 1 aromatic rings. The number of anilines is 2. The number of piperazine rings is 1. The number of nitrogens with two attached hydrogens (primary N) is 1. The van der Waals surface area contributed by atoms with Crippen molar-refractivity contribution in [3.63, 3.8) is 0 Å². The van der Waals surface area contributed by atoms with Crippen molar-refractivity contribution in [2.45, 2.75) is 0 Å². The molecule has 0 radical (unpaired) electrons. The van der Waals surface area contributed by atoms with E-state index >= 15 is 0 Å². The molecule has 0 unspecified atom stereocenters. The number of hydrogen-bond acceptors (Lipinski definition) is 4. The van der Waals surface area contributed by atoms with Crippen molar-refractivity contribution >= 4 is 17.3 Å². The molecule has 1 heterocycles. The standard InChI is InChI=1S/C13H19N3O2/c1-18-10-13(17)16-8-6-15(7-9-16)12-5-3-2-4-11(12)14/h2-5H,6-10,14H2,1H3. The van der Waals surface area contributed by atoms with Crippen LogP contribution >= 0.6 is 0 Å². The molecule has 18 heavy (non-hydrogen) atoms. The van der Waals surface area contributed by atoms with Crippen molar-refractivity contribution in [2.24, 2.45) is 0 Å². The molecule has 2 rings (SSSR count). The lowest BCUT2D eigenvalue weighted by Crippen LogP contribution is -2.49. The molecule has 5 nitrogen and oxygen atoms in total. The lowest BCUT2D eigenvalue weighted by atomic mass is 10.2. The third-order valence-corrected chi connectivity index (χ3v) is 3.18. The smallest absolute Gasteiger partial charge is 0.248 e. The van der Waals surface area contributed by atoms with Crippen molar-refractivity contribution in [3.05, 3.63) is 24.3 Å². The Morgan fingerprint density at radius 3 is 2.56 bits per heavy atom. The highest BCUT2D eigenvalue weighted by molar-refractivity contribution is 5.78. The van der Waals surface area contributed by atoms with Crippen molar-refractivity contribution in [1.82, 2.24) is 4.90 Å². The number of rotatable bonds is 3. The summed E-state index contributed by atoms with van der Waals surface area (Å²) in [7, 11) is 1.54. The van der Waals surface area contributed by atoms with Gasteiger partial charge in [-0.3, -0.25) is 4.79 Å². The van der Waals surface area contributed by atoms with Gasteiger partial charge in [0.2, 0.25) is 5.91 Å². The topological polar surface area (TPSA) is 58.8 Å². The minimum atomic E-state index is 0.0539. The molecule has 1 aromatic carbocycles. The summed E-state index contributed by atoms with van der Waals surface area (Å²) < 4.78 is 4.86. The van der Waals surface area contributed by atoms with Crippen LogP contribution in [-0.2, 0) is 9.53 Å². The molecule has 0 aliphatic carbocycles. The normalized spacial score (nSPS) is 15.8. The highest BCUT2D eigenvalue weighted by Gasteiger charge is 2.21. The number of nitrogens with zero attached hydrogens (tertiary/aromatic N) is 2. The van der Waals surface area contributed by atoms with Gasteiger partial charge in [0, 0.05) is 33.3 Å². The van der Waals surface area contributed by atoms with Gasteiger partial charge in [-0.25, -0.2) is 0 Å². The fourth-order valence-electron chi connectivity index (χ4n) is 2.19. The van der Waals surface area contributed by atoms with Gasteiger partial charge in [0.15, 0.2) is 0 Å². The number of carbonyl (C=O) groups is 1. The van der Waals surface area contributed by atoms with E-state index in [2.05, 4.69) is 4.90 Å².